The molecule has 0 aliphatic carbocycles. The van der Waals surface area contributed by atoms with E-state index in [2.05, 4.69) is 20.8 Å². The molecule has 0 bridgehead atoms. The maximum atomic E-state index is 12.8. The van der Waals surface area contributed by atoms with Crippen molar-refractivity contribution in [2.45, 2.75) is 26.3 Å². The Morgan fingerprint density at radius 1 is 1.21 bits per heavy atom. The van der Waals surface area contributed by atoms with Gasteiger partial charge in [-0.25, -0.2) is 0 Å². The minimum atomic E-state index is -0.731. The Labute approximate surface area is 172 Å². The number of rotatable bonds is 8. The van der Waals surface area contributed by atoms with E-state index in [1.54, 1.807) is 19.2 Å². The number of anilines is 1. The molecule has 0 fully saturated rings. The molecule has 0 spiro atoms. The molecule has 0 radical (unpaired) electrons. The molecule has 0 unspecified atom stereocenters. The Hall–Kier alpha value is -3.20. The van der Waals surface area contributed by atoms with Gasteiger partial charge in [0.2, 0.25) is 11.0 Å². The number of methoxy groups -OCH3 is 1. The molecule has 0 saturated carbocycles. The van der Waals surface area contributed by atoms with Crippen LogP contribution in [0.3, 0.4) is 0 Å². The lowest BCUT2D eigenvalue weighted by Crippen LogP contribution is -2.47. The molecule has 2 amide bonds. The number of amides is 2. The van der Waals surface area contributed by atoms with Gasteiger partial charge in [0.15, 0.2) is 5.76 Å². The van der Waals surface area contributed by atoms with E-state index in [0.717, 1.165) is 11.3 Å². The smallest absolute Gasteiger partial charge is 0.287 e. The first-order valence-corrected chi connectivity index (χ1v) is 9.96. The van der Waals surface area contributed by atoms with Gasteiger partial charge in [-0.1, -0.05) is 31.6 Å². The summed E-state index contributed by atoms with van der Waals surface area (Å²) in [7, 11) is 1.60. The summed E-state index contributed by atoms with van der Waals surface area (Å²) in [5.74, 6) is 0.0329. The molecule has 0 saturated heterocycles. The number of carbonyl (C=O) groups excluding carboxylic acids is 2. The fourth-order valence-electron chi connectivity index (χ4n) is 2.63. The van der Waals surface area contributed by atoms with Gasteiger partial charge in [0, 0.05) is 5.56 Å². The second-order valence-corrected chi connectivity index (χ2v) is 7.42. The minimum Gasteiger partial charge on any atom is -0.497 e. The van der Waals surface area contributed by atoms with Crippen LogP contribution in [0.1, 0.15) is 30.8 Å². The van der Waals surface area contributed by atoms with Gasteiger partial charge >= 0.3 is 0 Å². The second-order valence-electron chi connectivity index (χ2n) is 6.44. The minimum absolute atomic E-state index is 0.0807. The zero-order valence-electron chi connectivity index (χ0n) is 16.3. The average Bonchev–Trinajstić information content (AvgIpc) is 3.43. The largest absolute Gasteiger partial charge is 0.497 e. The topological polar surface area (TPSA) is 106 Å². The van der Waals surface area contributed by atoms with Gasteiger partial charge in [-0.3, -0.25) is 14.9 Å². The maximum Gasteiger partial charge on any atom is 0.287 e. The summed E-state index contributed by atoms with van der Waals surface area (Å²) in [4.78, 5) is 25.1. The predicted molar refractivity (Wildman–Crippen MR) is 110 cm³/mol. The van der Waals surface area contributed by atoms with Gasteiger partial charge in [-0.05, 0) is 42.3 Å². The first kappa shape index (κ1) is 20.5. The summed E-state index contributed by atoms with van der Waals surface area (Å²) in [6, 6.07) is 9.84. The number of benzene rings is 1. The zero-order chi connectivity index (χ0) is 20.8. The van der Waals surface area contributed by atoms with Crippen molar-refractivity contribution < 1.29 is 18.7 Å². The van der Waals surface area contributed by atoms with Crippen LogP contribution >= 0.6 is 11.3 Å². The number of nitrogens with one attached hydrogen (secondary N) is 2. The second kappa shape index (κ2) is 9.33. The number of hydrogen-bond acceptors (Lipinski definition) is 7. The molecule has 152 valence electrons. The highest BCUT2D eigenvalue weighted by atomic mass is 32.1. The summed E-state index contributed by atoms with van der Waals surface area (Å²) >= 11 is 1.25. The number of ether oxygens (including phenoxy) is 1. The van der Waals surface area contributed by atoms with Crippen molar-refractivity contribution in [3.63, 3.8) is 0 Å². The summed E-state index contributed by atoms with van der Waals surface area (Å²) in [6.45, 7) is 3.85. The van der Waals surface area contributed by atoms with Crippen LogP contribution in [0.15, 0.2) is 47.1 Å². The highest BCUT2D eigenvalue weighted by molar-refractivity contribution is 7.18. The van der Waals surface area contributed by atoms with Gasteiger partial charge in [0.1, 0.15) is 16.8 Å². The van der Waals surface area contributed by atoms with E-state index in [0.29, 0.717) is 16.6 Å². The van der Waals surface area contributed by atoms with E-state index in [4.69, 9.17) is 9.15 Å². The Morgan fingerprint density at radius 2 is 1.97 bits per heavy atom. The van der Waals surface area contributed by atoms with Gasteiger partial charge in [-0.2, -0.15) is 0 Å². The summed E-state index contributed by atoms with van der Waals surface area (Å²) < 4.78 is 10.3. The van der Waals surface area contributed by atoms with Crippen LogP contribution in [0.4, 0.5) is 5.13 Å². The number of carbonyl (C=O) groups is 2. The molecule has 2 heterocycles. The molecule has 2 aromatic heterocycles. The summed E-state index contributed by atoms with van der Waals surface area (Å²) in [6.07, 6.45) is 2.12. The third-order valence-electron chi connectivity index (χ3n) is 4.52. The van der Waals surface area contributed by atoms with Crippen molar-refractivity contribution in [3.05, 3.63) is 48.4 Å². The van der Waals surface area contributed by atoms with Crippen molar-refractivity contribution in [2.75, 3.05) is 12.4 Å². The van der Waals surface area contributed by atoms with E-state index in [1.165, 1.54) is 17.6 Å². The molecule has 9 heteroatoms. The molecule has 3 aromatic rings. The summed E-state index contributed by atoms with van der Waals surface area (Å²) in [5.41, 5.74) is 0.869. The monoisotopic (exact) mass is 414 g/mol. The molecule has 3 rings (SSSR count). The van der Waals surface area contributed by atoms with E-state index in [1.807, 2.05) is 38.1 Å². The Balaban J connectivity index is 1.70. The zero-order valence-corrected chi connectivity index (χ0v) is 17.2. The van der Waals surface area contributed by atoms with Crippen LogP contribution in [-0.4, -0.2) is 35.2 Å². The van der Waals surface area contributed by atoms with Gasteiger partial charge < -0.3 is 14.5 Å². The van der Waals surface area contributed by atoms with Crippen LogP contribution in [0, 0.1) is 5.92 Å². The van der Waals surface area contributed by atoms with Gasteiger partial charge in [-0.15, -0.1) is 10.2 Å². The van der Waals surface area contributed by atoms with Crippen molar-refractivity contribution in [2.24, 2.45) is 5.92 Å². The van der Waals surface area contributed by atoms with E-state index in [-0.39, 0.29) is 17.6 Å². The molecule has 1 aromatic carbocycles. The Bertz CT molecular complexity index is 953. The predicted octanol–water partition coefficient (Wildman–Crippen LogP) is 3.59. The number of hydrogen-bond donors (Lipinski definition) is 2. The molecule has 0 aliphatic rings. The number of aromatic nitrogens is 2. The first-order valence-electron chi connectivity index (χ1n) is 9.15. The Morgan fingerprint density at radius 3 is 2.59 bits per heavy atom. The molecule has 0 aliphatic heterocycles. The molecule has 2 N–H and O–H groups in total. The molecular formula is C20H22N4O4S. The van der Waals surface area contributed by atoms with E-state index >= 15 is 0 Å². The SMILES string of the molecule is CC[C@@H](C)[C@@H](NC(=O)c1ccco1)C(=O)Nc1nnc(-c2ccc(OC)cc2)s1. The molecule has 29 heavy (non-hydrogen) atoms. The lowest BCUT2D eigenvalue weighted by molar-refractivity contribution is -0.119. The summed E-state index contributed by atoms with van der Waals surface area (Å²) in [5, 5.41) is 14.7. The van der Waals surface area contributed by atoms with Crippen molar-refractivity contribution in [3.8, 4) is 16.3 Å². The third-order valence-corrected chi connectivity index (χ3v) is 5.41. The van der Waals surface area contributed by atoms with Crippen molar-refractivity contribution in [1.29, 1.82) is 0 Å². The fraction of sp³-hybridized carbons (Fsp3) is 0.300. The number of furan rings is 1. The maximum absolute atomic E-state index is 12.8. The van der Waals surface area contributed by atoms with Crippen LogP contribution in [0.5, 0.6) is 5.75 Å². The van der Waals surface area contributed by atoms with Crippen molar-refractivity contribution in [1.82, 2.24) is 15.5 Å². The molecule has 8 nitrogen and oxygen atoms in total. The van der Waals surface area contributed by atoms with Gasteiger partial charge in [0.05, 0.1) is 13.4 Å². The normalized spacial score (nSPS) is 12.8. The third kappa shape index (κ3) is 5.00. The van der Waals surface area contributed by atoms with Gasteiger partial charge in [0.25, 0.3) is 5.91 Å². The first-order chi connectivity index (χ1) is 14.0. The van der Waals surface area contributed by atoms with Crippen LogP contribution in [0.2, 0.25) is 0 Å². The fourth-order valence-corrected chi connectivity index (χ4v) is 3.38. The Kier molecular flexibility index (Phi) is 6.61. The van der Waals surface area contributed by atoms with Crippen molar-refractivity contribution >= 4 is 28.3 Å². The van der Waals surface area contributed by atoms with E-state index in [9.17, 15) is 9.59 Å². The highest BCUT2D eigenvalue weighted by Crippen LogP contribution is 2.28. The highest BCUT2D eigenvalue weighted by Gasteiger charge is 2.28. The van der Waals surface area contributed by atoms with E-state index < -0.39 is 11.9 Å². The lowest BCUT2D eigenvalue weighted by atomic mass is 9.98. The quantitative estimate of drug-likeness (QED) is 0.583. The standard InChI is InChI=1S/C20H22N4O4S/c1-4-12(2)16(21-17(25)15-6-5-11-28-15)18(26)22-20-24-23-19(29-20)13-7-9-14(27-3)10-8-13/h5-12,16H,4H2,1-3H3,(H,21,25)(H,22,24,26)/t12-,16-/m1/s1. The molecular weight excluding hydrogens is 392 g/mol. The van der Waals surface area contributed by atoms with Crippen LogP contribution in [0.25, 0.3) is 10.6 Å². The average molecular weight is 414 g/mol. The number of nitrogens with zero attached hydrogens (tertiary/aromatic N) is 2. The van der Waals surface area contributed by atoms with Crippen LogP contribution in [-0.2, 0) is 4.79 Å². The van der Waals surface area contributed by atoms with Crippen LogP contribution < -0.4 is 15.4 Å². The lowest BCUT2D eigenvalue weighted by Gasteiger charge is -2.22. The molecule has 2 atom stereocenters.